The predicted octanol–water partition coefficient (Wildman–Crippen LogP) is 5.26. The van der Waals surface area contributed by atoms with E-state index in [1.54, 1.807) is 6.20 Å². The Labute approximate surface area is 164 Å². The van der Waals surface area contributed by atoms with Crippen LogP contribution < -0.4 is 10.1 Å². The van der Waals surface area contributed by atoms with Gasteiger partial charge < -0.3 is 10.1 Å². The van der Waals surface area contributed by atoms with E-state index in [0.29, 0.717) is 23.7 Å². The summed E-state index contributed by atoms with van der Waals surface area (Å²) in [6.45, 7) is 1.38. The fourth-order valence-electron chi connectivity index (χ4n) is 2.82. The van der Waals surface area contributed by atoms with E-state index in [1.165, 1.54) is 0 Å². The average Bonchev–Trinajstić information content (AvgIpc) is 2.70. The van der Waals surface area contributed by atoms with Crippen LogP contribution in [0.25, 0.3) is 10.9 Å². The highest BCUT2D eigenvalue weighted by atomic mass is 35.5. The Morgan fingerprint density at radius 3 is 2.67 bits per heavy atom. The van der Waals surface area contributed by atoms with Gasteiger partial charge in [-0.2, -0.15) is 0 Å². The number of nitrogens with zero attached hydrogens (tertiary/aromatic N) is 1. The van der Waals surface area contributed by atoms with Crippen molar-refractivity contribution in [3.8, 4) is 5.75 Å². The number of halogens is 1. The van der Waals surface area contributed by atoms with Crippen LogP contribution in [-0.4, -0.2) is 24.0 Å². The summed E-state index contributed by atoms with van der Waals surface area (Å²) in [5.74, 6) is 0.809. The highest BCUT2D eigenvalue weighted by Crippen LogP contribution is 2.16. The van der Waals surface area contributed by atoms with E-state index < -0.39 is 0 Å². The summed E-state index contributed by atoms with van der Waals surface area (Å²) in [6.07, 6.45) is 5.84. The summed E-state index contributed by atoms with van der Waals surface area (Å²) in [4.78, 5) is 16.5. The van der Waals surface area contributed by atoms with E-state index in [2.05, 4.69) is 10.3 Å². The van der Waals surface area contributed by atoms with Gasteiger partial charge in [-0.15, -0.1) is 0 Å². The molecule has 0 saturated carbocycles. The molecule has 27 heavy (non-hydrogen) atoms. The van der Waals surface area contributed by atoms with Crippen molar-refractivity contribution < 1.29 is 9.53 Å². The molecule has 5 heteroatoms. The summed E-state index contributed by atoms with van der Waals surface area (Å²) in [5, 5.41) is 4.67. The summed E-state index contributed by atoms with van der Waals surface area (Å²) in [6, 6.07) is 16.8. The Morgan fingerprint density at radius 2 is 1.81 bits per heavy atom. The Morgan fingerprint density at radius 1 is 1.00 bits per heavy atom. The number of aromatic nitrogens is 1. The zero-order valence-electron chi connectivity index (χ0n) is 15.2. The average molecular weight is 383 g/mol. The number of nitrogens with one attached hydrogen (secondary N) is 1. The number of ether oxygens (including phenoxy) is 1. The molecule has 0 fully saturated rings. The second-order valence-corrected chi connectivity index (χ2v) is 6.82. The number of rotatable bonds is 9. The number of pyridine rings is 1. The SMILES string of the molecule is O=C(NCCCCCCOc1ccc(Cl)cc1)c1ccc2ncccc2c1. The molecule has 0 aliphatic heterocycles. The molecule has 0 unspecified atom stereocenters. The second kappa shape index (κ2) is 9.93. The van der Waals surface area contributed by atoms with Gasteiger partial charge in [0.1, 0.15) is 5.75 Å². The van der Waals surface area contributed by atoms with Crippen LogP contribution >= 0.6 is 11.6 Å². The predicted molar refractivity (Wildman–Crippen MR) is 109 cm³/mol. The van der Waals surface area contributed by atoms with Gasteiger partial charge in [0.2, 0.25) is 0 Å². The Balaban J connectivity index is 1.29. The molecule has 2 aromatic carbocycles. The minimum Gasteiger partial charge on any atom is -0.494 e. The molecular weight excluding hydrogens is 360 g/mol. The first-order valence-corrected chi connectivity index (χ1v) is 9.61. The van der Waals surface area contributed by atoms with Crippen LogP contribution in [0.1, 0.15) is 36.0 Å². The number of hydrogen-bond donors (Lipinski definition) is 1. The lowest BCUT2D eigenvalue weighted by atomic mass is 10.1. The van der Waals surface area contributed by atoms with Crippen molar-refractivity contribution in [2.24, 2.45) is 0 Å². The number of hydrogen-bond acceptors (Lipinski definition) is 3. The molecule has 0 atom stereocenters. The highest BCUT2D eigenvalue weighted by Gasteiger charge is 2.05. The van der Waals surface area contributed by atoms with Crippen LogP contribution in [0.3, 0.4) is 0 Å². The van der Waals surface area contributed by atoms with E-state index in [1.807, 2.05) is 54.6 Å². The van der Waals surface area contributed by atoms with E-state index >= 15 is 0 Å². The first-order valence-electron chi connectivity index (χ1n) is 9.24. The lowest BCUT2D eigenvalue weighted by Gasteiger charge is -2.07. The molecule has 0 aliphatic rings. The monoisotopic (exact) mass is 382 g/mol. The molecule has 4 nitrogen and oxygen atoms in total. The number of carbonyl (C=O) groups is 1. The number of benzene rings is 2. The van der Waals surface area contributed by atoms with Crippen molar-refractivity contribution in [3.05, 3.63) is 71.4 Å². The molecule has 0 radical (unpaired) electrons. The van der Waals surface area contributed by atoms with Crippen molar-refractivity contribution in [1.82, 2.24) is 10.3 Å². The van der Waals surface area contributed by atoms with Gasteiger partial charge >= 0.3 is 0 Å². The van der Waals surface area contributed by atoms with Gasteiger partial charge in [0.15, 0.2) is 0 Å². The van der Waals surface area contributed by atoms with Crippen LogP contribution in [0.5, 0.6) is 5.75 Å². The highest BCUT2D eigenvalue weighted by molar-refractivity contribution is 6.30. The molecule has 1 aromatic heterocycles. The van der Waals surface area contributed by atoms with Gasteiger partial charge in [0.25, 0.3) is 5.91 Å². The Hall–Kier alpha value is -2.59. The number of amides is 1. The molecule has 1 amide bonds. The third kappa shape index (κ3) is 5.97. The van der Waals surface area contributed by atoms with Crippen LogP contribution in [0.4, 0.5) is 0 Å². The number of fused-ring (bicyclic) bond motifs is 1. The van der Waals surface area contributed by atoms with Crippen molar-refractivity contribution in [2.45, 2.75) is 25.7 Å². The lowest BCUT2D eigenvalue weighted by molar-refractivity contribution is 0.0953. The zero-order chi connectivity index (χ0) is 18.9. The van der Waals surface area contributed by atoms with Gasteiger partial charge in [-0.05, 0) is 61.4 Å². The van der Waals surface area contributed by atoms with Crippen molar-refractivity contribution in [3.63, 3.8) is 0 Å². The standard InChI is InChI=1S/C22H23ClN2O2/c23-19-8-10-20(11-9-19)27-15-4-2-1-3-13-25-22(26)18-7-12-21-17(16-18)6-5-14-24-21/h5-12,14,16H,1-4,13,15H2,(H,25,26). The molecule has 0 bridgehead atoms. The van der Waals surface area contributed by atoms with Crippen LogP contribution in [-0.2, 0) is 0 Å². The summed E-state index contributed by atoms with van der Waals surface area (Å²) >= 11 is 5.84. The minimum absolute atomic E-state index is 0.0353. The first-order chi connectivity index (χ1) is 13.2. The molecule has 0 saturated heterocycles. The van der Waals surface area contributed by atoms with E-state index in [0.717, 1.165) is 42.3 Å². The van der Waals surface area contributed by atoms with Gasteiger partial charge in [-0.3, -0.25) is 9.78 Å². The topological polar surface area (TPSA) is 51.2 Å². The van der Waals surface area contributed by atoms with Crippen LogP contribution in [0.2, 0.25) is 5.02 Å². The van der Waals surface area contributed by atoms with Crippen LogP contribution in [0.15, 0.2) is 60.8 Å². The molecule has 1 heterocycles. The molecule has 3 aromatic rings. The summed E-state index contributed by atoms with van der Waals surface area (Å²) in [7, 11) is 0. The van der Waals surface area contributed by atoms with Crippen molar-refractivity contribution in [2.75, 3.05) is 13.2 Å². The molecule has 0 spiro atoms. The third-order valence-corrected chi connectivity index (χ3v) is 4.56. The normalized spacial score (nSPS) is 10.7. The second-order valence-electron chi connectivity index (χ2n) is 6.38. The van der Waals surface area contributed by atoms with Gasteiger partial charge in [-0.1, -0.05) is 30.5 Å². The molecule has 3 rings (SSSR count). The quantitative estimate of drug-likeness (QED) is 0.514. The number of carbonyl (C=O) groups excluding carboxylic acids is 1. The third-order valence-electron chi connectivity index (χ3n) is 4.30. The van der Waals surface area contributed by atoms with E-state index in [4.69, 9.17) is 16.3 Å². The minimum atomic E-state index is -0.0353. The molecule has 140 valence electrons. The van der Waals surface area contributed by atoms with Gasteiger partial charge in [-0.25, -0.2) is 0 Å². The Bertz CT molecular complexity index is 881. The largest absolute Gasteiger partial charge is 0.494 e. The smallest absolute Gasteiger partial charge is 0.251 e. The molecular formula is C22H23ClN2O2. The molecule has 1 N–H and O–H groups in total. The maximum absolute atomic E-state index is 12.2. The maximum Gasteiger partial charge on any atom is 0.251 e. The van der Waals surface area contributed by atoms with Crippen molar-refractivity contribution >= 4 is 28.4 Å². The fourth-order valence-corrected chi connectivity index (χ4v) is 2.95. The Kier molecular flexibility index (Phi) is 7.05. The number of unbranched alkanes of at least 4 members (excludes halogenated alkanes) is 3. The zero-order valence-corrected chi connectivity index (χ0v) is 15.9. The van der Waals surface area contributed by atoms with E-state index in [9.17, 15) is 4.79 Å². The van der Waals surface area contributed by atoms with E-state index in [-0.39, 0.29) is 5.91 Å². The summed E-state index contributed by atoms with van der Waals surface area (Å²) < 4.78 is 5.67. The van der Waals surface area contributed by atoms with Gasteiger partial charge in [0.05, 0.1) is 12.1 Å². The molecule has 0 aliphatic carbocycles. The first kappa shape index (κ1) is 19.2. The van der Waals surface area contributed by atoms with Crippen LogP contribution in [0, 0.1) is 0 Å². The maximum atomic E-state index is 12.2. The van der Waals surface area contributed by atoms with Gasteiger partial charge in [0, 0.05) is 28.7 Å². The summed E-state index contributed by atoms with van der Waals surface area (Å²) in [5.41, 5.74) is 1.57. The van der Waals surface area contributed by atoms with Crippen molar-refractivity contribution in [1.29, 1.82) is 0 Å². The fraction of sp³-hybridized carbons (Fsp3) is 0.273. The lowest BCUT2D eigenvalue weighted by Crippen LogP contribution is -2.24.